The van der Waals surface area contributed by atoms with Crippen molar-refractivity contribution in [3.63, 3.8) is 0 Å². The zero-order valence-corrected chi connectivity index (χ0v) is 13.9. The molecule has 1 unspecified atom stereocenters. The molecule has 21 heavy (non-hydrogen) atoms. The second-order valence-corrected chi connectivity index (χ2v) is 7.94. The highest BCUT2D eigenvalue weighted by molar-refractivity contribution is 8.10. The minimum absolute atomic E-state index is 0.315. The molecule has 1 atom stereocenters. The maximum absolute atomic E-state index is 5.81. The molecule has 1 heterocycles. The highest BCUT2D eigenvalue weighted by atomic mass is 32.5. The molecular formula is C15H20NO3PS. The highest BCUT2D eigenvalue weighted by Gasteiger charge is 2.34. The number of anilines is 1. The Hall–Kier alpha value is -1.13. The third-order valence-corrected chi connectivity index (χ3v) is 6.34. The SMILES string of the molecule is CCOP(=S)(OCC)C(Nc1ccccc1)c1ccco1. The average Bonchev–Trinajstić information content (AvgIpc) is 3.00. The van der Waals surface area contributed by atoms with Crippen molar-refractivity contribution in [3.05, 3.63) is 54.5 Å². The van der Waals surface area contributed by atoms with Crippen molar-refractivity contribution < 1.29 is 13.5 Å². The molecule has 0 saturated heterocycles. The van der Waals surface area contributed by atoms with Gasteiger partial charge in [-0.15, -0.1) is 0 Å². The standard InChI is InChI=1S/C15H20NO3PS/c1-3-18-20(21,19-4-2)15(14-11-8-12-17-14)16-13-9-6-5-7-10-13/h5-12,15-16H,3-4H2,1-2H3. The fraction of sp³-hybridized carbons (Fsp3) is 0.333. The van der Waals surface area contributed by atoms with E-state index in [1.165, 1.54) is 0 Å². The van der Waals surface area contributed by atoms with Gasteiger partial charge in [0, 0.05) is 5.69 Å². The molecule has 0 fully saturated rings. The van der Waals surface area contributed by atoms with Gasteiger partial charge in [0.2, 0.25) is 6.49 Å². The van der Waals surface area contributed by atoms with Crippen LogP contribution in [0.4, 0.5) is 5.69 Å². The lowest BCUT2D eigenvalue weighted by atomic mass is 10.3. The molecule has 6 heteroatoms. The van der Waals surface area contributed by atoms with Gasteiger partial charge in [0.15, 0.2) is 5.78 Å². The fourth-order valence-corrected chi connectivity index (χ4v) is 4.95. The van der Waals surface area contributed by atoms with Crippen LogP contribution in [0.5, 0.6) is 0 Å². The van der Waals surface area contributed by atoms with Crippen LogP contribution in [0.3, 0.4) is 0 Å². The second kappa shape index (κ2) is 7.76. The van der Waals surface area contributed by atoms with Crippen LogP contribution in [0.2, 0.25) is 0 Å². The van der Waals surface area contributed by atoms with Gasteiger partial charge in [-0.1, -0.05) is 18.2 Å². The third-order valence-electron chi connectivity index (χ3n) is 2.82. The molecule has 1 aromatic carbocycles. The van der Waals surface area contributed by atoms with Crippen molar-refractivity contribution in [1.82, 2.24) is 0 Å². The summed E-state index contributed by atoms with van der Waals surface area (Å²) >= 11 is 5.71. The lowest BCUT2D eigenvalue weighted by Gasteiger charge is -2.29. The summed E-state index contributed by atoms with van der Waals surface area (Å²) in [5.74, 6) is 0.411. The summed E-state index contributed by atoms with van der Waals surface area (Å²) in [4.78, 5) is 0. The average molecular weight is 325 g/mol. The smallest absolute Gasteiger partial charge is 0.218 e. The molecule has 1 N–H and O–H groups in total. The zero-order valence-electron chi connectivity index (χ0n) is 12.2. The van der Waals surface area contributed by atoms with E-state index >= 15 is 0 Å². The zero-order chi connectivity index (χ0) is 15.1. The Bertz CT molecular complexity index is 564. The van der Waals surface area contributed by atoms with Crippen LogP contribution in [0, 0.1) is 0 Å². The van der Waals surface area contributed by atoms with Crippen molar-refractivity contribution in [2.75, 3.05) is 18.5 Å². The normalized spacial score (nSPS) is 13.0. The number of hydrogen-bond donors (Lipinski definition) is 1. The summed E-state index contributed by atoms with van der Waals surface area (Å²) in [6.07, 6.45) is 1.63. The van der Waals surface area contributed by atoms with Crippen molar-refractivity contribution in [1.29, 1.82) is 0 Å². The molecule has 0 aliphatic heterocycles. The van der Waals surface area contributed by atoms with E-state index in [-0.39, 0.29) is 5.78 Å². The fourth-order valence-electron chi connectivity index (χ4n) is 1.99. The number of furan rings is 1. The monoisotopic (exact) mass is 325 g/mol. The molecule has 0 saturated carbocycles. The van der Waals surface area contributed by atoms with E-state index in [4.69, 9.17) is 25.3 Å². The number of rotatable bonds is 8. The summed E-state index contributed by atoms with van der Waals surface area (Å²) in [5.41, 5.74) is 0.951. The van der Waals surface area contributed by atoms with Crippen molar-refractivity contribution in [3.8, 4) is 0 Å². The van der Waals surface area contributed by atoms with Gasteiger partial charge in [-0.05, 0) is 49.9 Å². The molecule has 2 aromatic rings. The maximum Gasteiger partial charge on any atom is 0.218 e. The largest absolute Gasteiger partial charge is 0.467 e. The van der Waals surface area contributed by atoms with Crippen LogP contribution in [0.15, 0.2) is 53.1 Å². The quantitative estimate of drug-likeness (QED) is 0.708. The van der Waals surface area contributed by atoms with E-state index in [2.05, 4.69) is 5.32 Å². The molecule has 0 aliphatic rings. The van der Waals surface area contributed by atoms with E-state index in [0.29, 0.717) is 13.2 Å². The summed E-state index contributed by atoms with van der Waals surface area (Å²) in [7, 11) is 0. The Morgan fingerprint density at radius 2 is 1.76 bits per heavy atom. The Balaban J connectivity index is 2.33. The highest BCUT2D eigenvalue weighted by Crippen LogP contribution is 2.61. The van der Waals surface area contributed by atoms with E-state index in [0.717, 1.165) is 11.4 Å². The van der Waals surface area contributed by atoms with E-state index in [1.54, 1.807) is 6.26 Å². The van der Waals surface area contributed by atoms with Gasteiger partial charge in [0.1, 0.15) is 5.76 Å². The summed E-state index contributed by atoms with van der Waals surface area (Å²) < 4.78 is 17.2. The molecule has 114 valence electrons. The summed E-state index contributed by atoms with van der Waals surface area (Å²) in [5, 5.41) is 3.39. The predicted octanol–water partition coefficient (Wildman–Crippen LogP) is 4.77. The number of hydrogen-bond acceptors (Lipinski definition) is 5. The van der Waals surface area contributed by atoms with Crippen molar-refractivity contribution in [2.24, 2.45) is 0 Å². The van der Waals surface area contributed by atoms with Crippen molar-refractivity contribution in [2.45, 2.75) is 19.6 Å². The van der Waals surface area contributed by atoms with Gasteiger partial charge in [-0.2, -0.15) is 0 Å². The second-order valence-electron chi connectivity index (χ2n) is 4.30. The summed E-state index contributed by atoms with van der Waals surface area (Å²) in [6, 6.07) is 13.6. The number of para-hydroxylation sites is 1. The molecule has 0 amide bonds. The molecule has 0 radical (unpaired) electrons. The minimum Gasteiger partial charge on any atom is -0.467 e. The Morgan fingerprint density at radius 3 is 2.29 bits per heavy atom. The first kappa shape index (κ1) is 16.2. The molecule has 0 spiro atoms. The maximum atomic E-state index is 5.81. The topological polar surface area (TPSA) is 43.6 Å². The van der Waals surface area contributed by atoms with Crippen molar-refractivity contribution >= 4 is 24.0 Å². The first-order chi connectivity index (χ1) is 10.2. The molecule has 1 aromatic heterocycles. The predicted molar refractivity (Wildman–Crippen MR) is 89.1 cm³/mol. The Labute approximate surface area is 130 Å². The van der Waals surface area contributed by atoms with E-state index in [1.807, 2.05) is 56.3 Å². The first-order valence-corrected chi connectivity index (χ1v) is 9.64. The lowest BCUT2D eigenvalue weighted by Crippen LogP contribution is -2.14. The van der Waals surface area contributed by atoms with E-state index < -0.39 is 6.49 Å². The molecule has 0 aliphatic carbocycles. The Kier molecular flexibility index (Phi) is 6.00. The van der Waals surface area contributed by atoms with Gasteiger partial charge >= 0.3 is 0 Å². The molecular weight excluding hydrogens is 305 g/mol. The first-order valence-electron chi connectivity index (χ1n) is 6.93. The number of nitrogens with one attached hydrogen (secondary N) is 1. The van der Waals surface area contributed by atoms with Gasteiger partial charge in [-0.25, -0.2) is 0 Å². The van der Waals surface area contributed by atoms with Crippen LogP contribution in [-0.4, -0.2) is 13.2 Å². The van der Waals surface area contributed by atoms with Crippen LogP contribution in [-0.2, 0) is 20.9 Å². The molecule has 2 rings (SSSR count). The third kappa shape index (κ3) is 4.17. The van der Waals surface area contributed by atoms with Crippen LogP contribution < -0.4 is 5.32 Å². The van der Waals surface area contributed by atoms with Gasteiger partial charge in [-0.3, -0.25) is 0 Å². The minimum atomic E-state index is -2.56. The van der Waals surface area contributed by atoms with Crippen LogP contribution in [0.25, 0.3) is 0 Å². The molecule has 4 nitrogen and oxygen atoms in total. The van der Waals surface area contributed by atoms with Crippen LogP contribution in [0.1, 0.15) is 25.4 Å². The molecule has 0 bridgehead atoms. The number of benzene rings is 1. The van der Waals surface area contributed by atoms with E-state index in [9.17, 15) is 0 Å². The van der Waals surface area contributed by atoms with Gasteiger partial charge in [0.25, 0.3) is 0 Å². The van der Waals surface area contributed by atoms with Gasteiger partial charge < -0.3 is 18.8 Å². The summed E-state index contributed by atoms with van der Waals surface area (Å²) in [6.45, 7) is 2.29. The lowest BCUT2D eigenvalue weighted by molar-refractivity contribution is 0.258. The van der Waals surface area contributed by atoms with Gasteiger partial charge in [0.05, 0.1) is 19.5 Å². The Morgan fingerprint density at radius 1 is 1.10 bits per heavy atom. The van der Waals surface area contributed by atoms with Crippen LogP contribution >= 0.6 is 6.49 Å².